The number of nitriles is 1. The Hall–Kier alpha value is -2.56. The molecule has 9 heteroatoms. The molecule has 134 valence electrons. The number of nitrogens with zero attached hydrogens (tertiary/aromatic N) is 1. The van der Waals surface area contributed by atoms with Crippen molar-refractivity contribution in [3.63, 3.8) is 0 Å². The van der Waals surface area contributed by atoms with Crippen LogP contribution >= 0.6 is 23.2 Å². The van der Waals surface area contributed by atoms with E-state index in [4.69, 9.17) is 23.2 Å². The molecule has 0 fully saturated rings. The van der Waals surface area contributed by atoms with Gasteiger partial charge in [-0.1, -0.05) is 35.3 Å². The van der Waals surface area contributed by atoms with Gasteiger partial charge < -0.3 is 5.32 Å². The van der Waals surface area contributed by atoms with E-state index in [0.29, 0.717) is 6.07 Å². The van der Waals surface area contributed by atoms with E-state index in [2.05, 4.69) is 5.32 Å². The topological polar surface area (TPSA) is 70.0 Å². The van der Waals surface area contributed by atoms with Gasteiger partial charge in [0, 0.05) is 15.7 Å². The summed E-state index contributed by atoms with van der Waals surface area (Å²) in [6.07, 6.45) is -4.60. The molecule has 0 spiro atoms. The zero-order chi connectivity index (χ0) is 19.5. The number of rotatable bonds is 4. The number of nitrogens with one attached hydrogen (secondary N) is 1. The van der Waals surface area contributed by atoms with E-state index in [1.54, 1.807) is 6.07 Å². The van der Waals surface area contributed by atoms with E-state index in [-0.39, 0.29) is 21.3 Å². The Morgan fingerprint density at radius 3 is 2.38 bits per heavy atom. The van der Waals surface area contributed by atoms with Crippen LogP contribution in [-0.2, 0) is 15.8 Å². The molecular formula is C17H9Cl2F3N2O2. The van der Waals surface area contributed by atoms with E-state index in [1.807, 2.05) is 0 Å². The lowest BCUT2D eigenvalue weighted by Gasteiger charge is -2.12. The summed E-state index contributed by atoms with van der Waals surface area (Å²) in [6.45, 7) is 0. The molecule has 0 heterocycles. The third kappa shape index (κ3) is 4.54. The molecule has 1 amide bonds. The normalized spacial score (nSPS) is 12.2. The van der Waals surface area contributed by atoms with Crippen LogP contribution < -0.4 is 5.32 Å². The minimum atomic E-state index is -4.60. The first-order chi connectivity index (χ1) is 12.1. The third-order valence-corrected chi connectivity index (χ3v) is 3.90. The Bertz CT molecular complexity index is 908. The number of halogens is 5. The van der Waals surface area contributed by atoms with Crippen LogP contribution in [0.2, 0.25) is 10.0 Å². The van der Waals surface area contributed by atoms with Gasteiger partial charge in [0.15, 0.2) is 0 Å². The minimum Gasteiger partial charge on any atom is -0.319 e. The molecule has 0 saturated carbocycles. The lowest BCUT2D eigenvalue weighted by atomic mass is 9.95. The summed E-state index contributed by atoms with van der Waals surface area (Å²) in [4.78, 5) is 24.3. The van der Waals surface area contributed by atoms with Crippen molar-refractivity contribution in [1.82, 2.24) is 0 Å². The van der Waals surface area contributed by atoms with Crippen LogP contribution in [0.3, 0.4) is 0 Å². The van der Waals surface area contributed by atoms with Crippen LogP contribution in [0.5, 0.6) is 0 Å². The van der Waals surface area contributed by atoms with Gasteiger partial charge in [-0.3, -0.25) is 9.59 Å². The van der Waals surface area contributed by atoms with Gasteiger partial charge in [-0.2, -0.15) is 18.4 Å². The van der Waals surface area contributed by atoms with Crippen molar-refractivity contribution in [2.45, 2.75) is 12.1 Å². The van der Waals surface area contributed by atoms with Gasteiger partial charge in [0.05, 0.1) is 11.6 Å². The Kier molecular flexibility index (Phi) is 5.90. The smallest absolute Gasteiger partial charge is 0.319 e. The molecule has 1 N–H and O–H groups in total. The highest BCUT2D eigenvalue weighted by Gasteiger charge is 2.32. The molecular weight excluding hydrogens is 392 g/mol. The van der Waals surface area contributed by atoms with Crippen molar-refractivity contribution < 1.29 is 22.8 Å². The monoisotopic (exact) mass is 400 g/mol. The largest absolute Gasteiger partial charge is 0.416 e. The number of benzene rings is 2. The highest BCUT2D eigenvalue weighted by molar-refractivity contribution is 6.43. The maximum absolute atomic E-state index is 12.7. The summed E-state index contributed by atoms with van der Waals surface area (Å²) in [7, 11) is 0. The van der Waals surface area contributed by atoms with Crippen LogP contribution in [-0.4, -0.2) is 11.7 Å². The molecule has 0 bridgehead atoms. The van der Waals surface area contributed by atoms with Gasteiger partial charge >= 0.3 is 6.18 Å². The molecule has 2 aromatic rings. The van der Waals surface area contributed by atoms with E-state index in [1.165, 1.54) is 24.3 Å². The Labute approximate surface area is 156 Å². The summed E-state index contributed by atoms with van der Waals surface area (Å²) in [6, 6.07) is 9.47. The molecule has 0 aliphatic rings. The summed E-state index contributed by atoms with van der Waals surface area (Å²) in [5, 5.41) is 11.6. The molecule has 1 unspecified atom stereocenters. The molecule has 2 aromatic carbocycles. The zero-order valence-electron chi connectivity index (χ0n) is 12.8. The van der Waals surface area contributed by atoms with Crippen molar-refractivity contribution in [2.24, 2.45) is 0 Å². The van der Waals surface area contributed by atoms with Gasteiger partial charge in [-0.15, -0.1) is 0 Å². The number of carbonyl (C=O) groups excluding carboxylic acids is 2. The van der Waals surface area contributed by atoms with Crippen LogP contribution in [0.1, 0.15) is 17.0 Å². The molecule has 26 heavy (non-hydrogen) atoms. The van der Waals surface area contributed by atoms with Crippen molar-refractivity contribution in [3.05, 3.63) is 63.6 Å². The van der Waals surface area contributed by atoms with Crippen LogP contribution in [0.15, 0.2) is 42.5 Å². The van der Waals surface area contributed by atoms with E-state index in [9.17, 15) is 28.0 Å². The molecule has 0 aliphatic heterocycles. The first-order valence-electron chi connectivity index (χ1n) is 7.00. The molecule has 0 radical (unpaired) electrons. The summed E-state index contributed by atoms with van der Waals surface area (Å²) >= 11 is 11.7. The second-order valence-corrected chi connectivity index (χ2v) is 5.97. The van der Waals surface area contributed by atoms with Crippen molar-refractivity contribution in [1.29, 1.82) is 5.26 Å². The second kappa shape index (κ2) is 7.77. The Morgan fingerprint density at radius 1 is 1.12 bits per heavy atom. The van der Waals surface area contributed by atoms with E-state index in [0.717, 1.165) is 12.1 Å². The summed E-state index contributed by atoms with van der Waals surface area (Å²) in [5.41, 5.74) is -1.14. The van der Waals surface area contributed by atoms with Gasteiger partial charge in [0.2, 0.25) is 5.78 Å². The number of hydrogen-bond donors (Lipinski definition) is 1. The Morgan fingerprint density at radius 2 is 1.81 bits per heavy atom. The molecule has 2 rings (SSSR count). The van der Waals surface area contributed by atoms with Crippen molar-refractivity contribution >= 4 is 40.6 Å². The maximum atomic E-state index is 12.7. The second-order valence-electron chi connectivity index (χ2n) is 5.12. The number of carbonyl (C=O) groups is 2. The highest BCUT2D eigenvalue weighted by Crippen LogP contribution is 2.31. The molecule has 0 saturated heterocycles. The van der Waals surface area contributed by atoms with Gasteiger partial charge in [0.25, 0.3) is 5.91 Å². The number of ketones is 1. The average Bonchev–Trinajstić information content (AvgIpc) is 2.56. The zero-order valence-corrected chi connectivity index (χ0v) is 14.3. The lowest BCUT2D eigenvalue weighted by molar-refractivity contribution is -0.137. The number of hydrogen-bond acceptors (Lipinski definition) is 3. The molecule has 0 aromatic heterocycles. The highest BCUT2D eigenvalue weighted by atomic mass is 35.5. The number of amides is 1. The van der Waals surface area contributed by atoms with Crippen LogP contribution in [0.25, 0.3) is 0 Å². The summed E-state index contributed by atoms with van der Waals surface area (Å²) < 4.78 is 38.1. The van der Waals surface area contributed by atoms with Crippen LogP contribution in [0.4, 0.5) is 18.9 Å². The number of alkyl halides is 3. The standard InChI is InChI=1S/C17H9Cl2F3N2O2/c18-10-4-5-12(14(19)7-10)13(8-23)15(25)16(26)24-11-3-1-2-9(6-11)17(20,21)22/h1-7,13H,(H,24,26). The maximum Gasteiger partial charge on any atom is 0.416 e. The quantitative estimate of drug-likeness (QED) is 0.747. The predicted octanol–water partition coefficient (Wildman–Crippen LogP) is 4.83. The van der Waals surface area contributed by atoms with Crippen molar-refractivity contribution in [3.8, 4) is 6.07 Å². The average molecular weight is 401 g/mol. The van der Waals surface area contributed by atoms with Gasteiger partial charge in [0.1, 0.15) is 5.92 Å². The van der Waals surface area contributed by atoms with E-state index >= 15 is 0 Å². The van der Waals surface area contributed by atoms with Crippen LogP contribution in [0, 0.1) is 11.3 Å². The molecule has 4 nitrogen and oxygen atoms in total. The van der Waals surface area contributed by atoms with E-state index < -0.39 is 29.3 Å². The minimum absolute atomic E-state index is 0.0178. The lowest BCUT2D eigenvalue weighted by Crippen LogP contribution is -2.28. The predicted molar refractivity (Wildman–Crippen MR) is 89.9 cm³/mol. The molecule has 0 aliphatic carbocycles. The fourth-order valence-corrected chi connectivity index (χ4v) is 2.62. The molecule has 1 atom stereocenters. The SMILES string of the molecule is N#CC(C(=O)C(=O)Nc1cccc(C(F)(F)F)c1)c1ccc(Cl)cc1Cl. The fraction of sp³-hybridized carbons (Fsp3) is 0.118. The fourth-order valence-electron chi connectivity index (χ4n) is 2.10. The first-order valence-corrected chi connectivity index (χ1v) is 7.76. The van der Waals surface area contributed by atoms with Crippen molar-refractivity contribution in [2.75, 3.05) is 5.32 Å². The summed E-state index contributed by atoms with van der Waals surface area (Å²) in [5.74, 6) is -3.92. The Balaban J connectivity index is 2.23. The number of Topliss-reactive ketones (excluding diaryl/α,β-unsaturated/α-hetero) is 1. The number of anilines is 1. The third-order valence-electron chi connectivity index (χ3n) is 3.34. The van der Waals surface area contributed by atoms with Gasteiger partial charge in [-0.05, 0) is 35.9 Å². The van der Waals surface area contributed by atoms with Gasteiger partial charge in [-0.25, -0.2) is 0 Å². The first kappa shape index (κ1) is 19.8.